The molecule has 226 valence electrons. The van der Waals surface area contributed by atoms with Gasteiger partial charge in [-0.2, -0.15) is 0 Å². The van der Waals surface area contributed by atoms with E-state index in [4.69, 9.17) is 4.74 Å². The fourth-order valence-electron chi connectivity index (χ4n) is 7.15. The third-order valence-corrected chi connectivity index (χ3v) is 9.58. The van der Waals surface area contributed by atoms with Gasteiger partial charge in [-0.1, -0.05) is 80.6 Å². The van der Waals surface area contributed by atoms with Gasteiger partial charge in [0.1, 0.15) is 0 Å². The lowest BCUT2D eigenvalue weighted by Crippen LogP contribution is -2.16. The minimum atomic E-state index is 0.288. The van der Waals surface area contributed by atoms with Crippen molar-refractivity contribution in [1.29, 1.82) is 0 Å². The van der Waals surface area contributed by atoms with Crippen LogP contribution >= 0.6 is 0 Å². The lowest BCUT2D eigenvalue weighted by Gasteiger charge is -2.33. The van der Waals surface area contributed by atoms with Gasteiger partial charge in [0.05, 0.1) is 28.0 Å². The van der Waals surface area contributed by atoms with Gasteiger partial charge < -0.3 is 19.1 Å². The average molecular weight is 600 g/mol. The van der Waals surface area contributed by atoms with Crippen molar-refractivity contribution >= 4 is 55.9 Å². The van der Waals surface area contributed by atoms with Gasteiger partial charge in [-0.05, 0) is 97.1 Å². The van der Waals surface area contributed by atoms with E-state index in [9.17, 15) is 0 Å². The van der Waals surface area contributed by atoms with Gasteiger partial charge >= 0.3 is 0 Å². The summed E-state index contributed by atoms with van der Waals surface area (Å²) in [4.78, 5) is 4.78. The second-order valence-corrected chi connectivity index (χ2v) is 12.3. The summed E-state index contributed by atoms with van der Waals surface area (Å²) in [6, 6.07) is 47.5. The lowest BCUT2D eigenvalue weighted by atomic mass is 9.90. The van der Waals surface area contributed by atoms with E-state index in [1.54, 1.807) is 0 Å². The van der Waals surface area contributed by atoms with Crippen LogP contribution in [0, 0.1) is 6.92 Å². The summed E-state index contributed by atoms with van der Waals surface area (Å²) in [7, 11) is 2.18. The van der Waals surface area contributed by atoms with E-state index in [2.05, 4.69) is 176 Å². The Labute approximate surface area is 270 Å². The van der Waals surface area contributed by atoms with Crippen LogP contribution in [0.1, 0.15) is 37.3 Å². The molecule has 4 heteroatoms. The molecule has 0 N–H and O–H groups in total. The summed E-state index contributed by atoms with van der Waals surface area (Å²) in [6.07, 6.45) is 1.01. The predicted octanol–water partition coefficient (Wildman–Crippen LogP) is 12.2. The first-order chi connectivity index (χ1) is 22.6. The number of ether oxygens (including phenoxy) is 1. The molecule has 0 amide bonds. The topological polar surface area (TPSA) is 20.6 Å². The highest BCUT2D eigenvalue weighted by molar-refractivity contribution is 6.17. The summed E-state index contributed by atoms with van der Waals surface area (Å²) < 4.78 is 9.28. The molecular weight excluding hydrogens is 562 g/mol. The number of para-hydroxylation sites is 5. The highest BCUT2D eigenvalue weighted by Gasteiger charge is 2.31. The molecule has 0 aliphatic carbocycles. The zero-order valence-electron chi connectivity index (χ0n) is 26.7. The zero-order valence-corrected chi connectivity index (χ0v) is 26.7. The fraction of sp³-hybridized carbons (Fsp3) is 0.143. The molecule has 8 rings (SSSR count). The minimum Gasteiger partial charge on any atom is -0.452 e. The number of aromatic nitrogens is 1. The molecule has 1 aliphatic heterocycles. The second kappa shape index (κ2) is 11.1. The zero-order chi connectivity index (χ0) is 31.4. The van der Waals surface area contributed by atoms with Crippen molar-refractivity contribution in [3.05, 3.63) is 145 Å². The summed E-state index contributed by atoms with van der Waals surface area (Å²) in [5.74, 6) is 2.04. The molecule has 6 aromatic carbocycles. The molecule has 1 aliphatic rings. The van der Waals surface area contributed by atoms with E-state index in [0.717, 1.165) is 51.6 Å². The van der Waals surface area contributed by atoms with E-state index in [1.807, 2.05) is 0 Å². The molecule has 1 atom stereocenters. The molecule has 0 spiro atoms. The van der Waals surface area contributed by atoms with Crippen molar-refractivity contribution < 1.29 is 4.74 Å². The Bertz CT molecular complexity index is 2220. The minimum absolute atomic E-state index is 0.288. The molecule has 4 nitrogen and oxygen atoms in total. The van der Waals surface area contributed by atoms with Crippen LogP contribution in [0.3, 0.4) is 0 Å². The SMILES string of the molecule is CCC(C)c1c(N(c2ccccc2)c2ccccc2C)ccc2c1c1c3c(ccc1n2C)N(c1ccccc1)c1ccccc1O3. The number of hydrogen-bond acceptors (Lipinski definition) is 3. The van der Waals surface area contributed by atoms with Crippen molar-refractivity contribution in [3.63, 3.8) is 0 Å². The summed E-state index contributed by atoms with van der Waals surface area (Å²) >= 11 is 0. The Kier molecular flexibility index (Phi) is 6.79. The molecule has 1 unspecified atom stereocenters. The first-order valence-corrected chi connectivity index (χ1v) is 16.2. The van der Waals surface area contributed by atoms with Crippen LogP contribution in [0.5, 0.6) is 11.5 Å². The highest BCUT2D eigenvalue weighted by Crippen LogP contribution is 2.56. The number of fused-ring (bicyclic) bond motifs is 6. The maximum absolute atomic E-state index is 6.95. The maximum Gasteiger partial charge on any atom is 0.161 e. The number of hydrogen-bond donors (Lipinski definition) is 0. The van der Waals surface area contributed by atoms with Gasteiger partial charge in [0, 0.05) is 35.0 Å². The monoisotopic (exact) mass is 599 g/mol. The van der Waals surface area contributed by atoms with Crippen molar-refractivity contribution in [3.8, 4) is 11.5 Å². The molecule has 7 aromatic rings. The van der Waals surface area contributed by atoms with Crippen molar-refractivity contribution in [2.75, 3.05) is 9.80 Å². The third-order valence-electron chi connectivity index (χ3n) is 9.58. The summed E-state index contributed by atoms with van der Waals surface area (Å²) in [5, 5.41) is 2.41. The van der Waals surface area contributed by atoms with Crippen LogP contribution in [-0.4, -0.2) is 4.57 Å². The van der Waals surface area contributed by atoms with E-state index < -0.39 is 0 Å². The standard InChI is InChI=1S/C42H37N3O/c1-5-28(2)39-36(44(30-17-8-6-9-18-30)32-21-13-12-16-29(32)3)26-24-34-40(39)41-35(43(34)4)25-27-37-42(41)46-38-23-15-14-22-33(38)45(37)31-19-10-7-11-20-31/h6-28H,5H2,1-4H3. The van der Waals surface area contributed by atoms with E-state index in [-0.39, 0.29) is 5.92 Å². The predicted molar refractivity (Wildman–Crippen MR) is 193 cm³/mol. The van der Waals surface area contributed by atoms with E-state index in [0.29, 0.717) is 0 Å². The smallest absolute Gasteiger partial charge is 0.161 e. The maximum atomic E-state index is 6.95. The van der Waals surface area contributed by atoms with Crippen LogP contribution in [0.15, 0.2) is 133 Å². The second-order valence-electron chi connectivity index (χ2n) is 12.3. The molecule has 0 bridgehead atoms. The van der Waals surface area contributed by atoms with Crippen molar-refractivity contribution in [2.45, 2.75) is 33.1 Å². The van der Waals surface area contributed by atoms with Gasteiger partial charge in [-0.3, -0.25) is 0 Å². The van der Waals surface area contributed by atoms with Crippen molar-refractivity contribution in [2.24, 2.45) is 7.05 Å². The van der Waals surface area contributed by atoms with E-state index in [1.165, 1.54) is 33.4 Å². The Morgan fingerprint density at radius 2 is 1.30 bits per heavy atom. The van der Waals surface area contributed by atoms with Gasteiger partial charge in [-0.15, -0.1) is 0 Å². The van der Waals surface area contributed by atoms with Crippen LogP contribution in [0.4, 0.5) is 34.1 Å². The van der Waals surface area contributed by atoms with Gasteiger partial charge in [-0.25, -0.2) is 0 Å². The number of rotatable bonds is 6. The van der Waals surface area contributed by atoms with Crippen LogP contribution in [0.2, 0.25) is 0 Å². The molecule has 0 radical (unpaired) electrons. The molecular formula is C42H37N3O. The fourth-order valence-corrected chi connectivity index (χ4v) is 7.15. The Hall–Kier alpha value is -5.48. The number of benzene rings is 6. The lowest BCUT2D eigenvalue weighted by molar-refractivity contribution is 0.483. The Morgan fingerprint density at radius 3 is 2.07 bits per heavy atom. The first kappa shape index (κ1) is 28.0. The molecule has 0 saturated carbocycles. The van der Waals surface area contributed by atoms with Gasteiger partial charge in [0.2, 0.25) is 0 Å². The van der Waals surface area contributed by atoms with Crippen LogP contribution in [-0.2, 0) is 7.05 Å². The normalized spacial score (nSPS) is 12.9. The molecule has 0 saturated heterocycles. The number of anilines is 6. The average Bonchev–Trinajstić information content (AvgIpc) is 3.40. The molecule has 2 heterocycles. The van der Waals surface area contributed by atoms with Gasteiger partial charge in [0.15, 0.2) is 11.5 Å². The van der Waals surface area contributed by atoms with Gasteiger partial charge in [0.25, 0.3) is 0 Å². The van der Waals surface area contributed by atoms with Crippen LogP contribution < -0.4 is 14.5 Å². The first-order valence-electron chi connectivity index (χ1n) is 16.2. The third kappa shape index (κ3) is 4.28. The summed E-state index contributed by atoms with van der Waals surface area (Å²) in [5.41, 5.74) is 11.6. The quantitative estimate of drug-likeness (QED) is 0.190. The Morgan fingerprint density at radius 1 is 0.652 bits per heavy atom. The molecule has 46 heavy (non-hydrogen) atoms. The van der Waals surface area contributed by atoms with E-state index >= 15 is 0 Å². The summed E-state index contributed by atoms with van der Waals surface area (Å²) in [6.45, 7) is 6.85. The largest absolute Gasteiger partial charge is 0.452 e. The molecule has 1 aromatic heterocycles. The van der Waals surface area contributed by atoms with Crippen molar-refractivity contribution in [1.82, 2.24) is 4.57 Å². The number of nitrogens with zero attached hydrogens (tertiary/aromatic N) is 3. The highest BCUT2D eigenvalue weighted by atomic mass is 16.5. The molecule has 0 fully saturated rings. The van der Waals surface area contributed by atoms with Crippen LogP contribution in [0.25, 0.3) is 21.8 Å². The number of aryl methyl sites for hydroxylation is 2. The Balaban J connectivity index is 1.49.